The van der Waals surface area contributed by atoms with Crippen LogP contribution >= 0.6 is 23.2 Å². The molecule has 0 fully saturated rings. The van der Waals surface area contributed by atoms with Crippen molar-refractivity contribution in [2.45, 2.75) is 25.9 Å². The molecule has 0 aliphatic heterocycles. The second kappa shape index (κ2) is 6.32. The van der Waals surface area contributed by atoms with Crippen molar-refractivity contribution in [3.8, 4) is 0 Å². The third-order valence-electron chi connectivity index (χ3n) is 2.99. The van der Waals surface area contributed by atoms with E-state index in [1.165, 1.54) is 0 Å². The summed E-state index contributed by atoms with van der Waals surface area (Å²) in [6, 6.07) is 5.61. The number of nitrogens with one attached hydrogen (secondary N) is 1. The predicted octanol–water partition coefficient (Wildman–Crippen LogP) is 2.50. The van der Waals surface area contributed by atoms with Gasteiger partial charge in [0.25, 0.3) is 0 Å². The predicted molar refractivity (Wildman–Crippen MR) is 75.5 cm³/mol. The molecule has 19 heavy (non-hydrogen) atoms. The molecule has 102 valence electrons. The fourth-order valence-corrected chi connectivity index (χ4v) is 2.26. The second-order valence-electron chi connectivity index (χ2n) is 4.26. The van der Waals surface area contributed by atoms with E-state index in [0.29, 0.717) is 16.6 Å². The summed E-state index contributed by atoms with van der Waals surface area (Å²) in [5.74, 6) is 0.813. The first-order valence-corrected chi connectivity index (χ1v) is 6.74. The number of halogens is 2. The van der Waals surface area contributed by atoms with Crippen LogP contribution in [0.25, 0.3) is 0 Å². The molecule has 0 bridgehead atoms. The molecule has 0 radical (unpaired) electrons. The summed E-state index contributed by atoms with van der Waals surface area (Å²) in [4.78, 5) is 0. The Morgan fingerprint density at radius 2 is 2.16 bits per heavy atom. The van der Waals surface area contributed by atoms with Gasteiger partial charge < -0.3 is 5.32 Å². The van der Waals surface area contributed by atoms with E-state index < -0.39 is 0 Å². The SMILES string of the molecule is CNC(C)c1nnnn1CCc1ccc(Cl)cc1Cl. The zero-order valence-electron chi connectivity index (χ0n) is 10.8. The molecule has 0 saturated heterocycles. The Labute approximate surface area is 121 Å². The van der Waals surface area contributed by atoms with E-state index in [4.69, 9.17) is 23.2 Å². The number of aryl methyl sites for hydroxylation is 2. The highest BCUT2D eigenvalue weighted by molar-refractivity contribution is 6.35. The first kappa shape index (κ1) is 14.2. The normalized spacial score (nSPS) is 12.6. The van der Waals surface area contributed by atoms with Crippen molar-refractivity contribution < 1.29 is 0 Å². The number of nitrogens with zero attached hydrogens (tertiary/aromatic N) is 4. The van der Waals surface area contributed by atoms with Gasteiger partial charge in [0.15, 0.2) is 5.82 Å². The third-order valence-corrected chi connectivity index (χ3v) is 3.57. The average molecular weight is 300 g/mol. The summed E-state index contributed by atoms with van der Waals surface area (Å²) >= 11 is 12.0. The van der Waals surface area contributed by atoms with Gasteiger partial charge in [-0.15, -0.1) is 5.10 Å². The van der Waals surface area contributed by atoms with Gasteiger partial charge >= 0.3 is 0 Å². The molecule has 7 heteroatoms. The average Bonchev–Trinajstić information content (AvgIpc) is 2.85. The van der Waals surface area contributed by atoms with Crippen molar-refractivity contribution in [3.05, 3.63) is 39.6 Å². The Morgan fingerprint density at radius 3 is 2.84 bits per heavy atom. The van der Waals surface area contributed by atoms with E-state index in [9.17, 15) is 0 Å². The zero-order chi connectivity index (χ0) is 13.8. The minimum Gasteiger partial charge on any atom is -0.311 e. The monoisotopic (exact) mass is 299 g/mol. The van der Waals surface area contributed by atoms with Gasteiger partial charge in [-0.25, -0.2) is 4.68 Å². The molecule has 5 nitrogen and oxygen atoms in total. The summed E-state index contributed by atoms with van der Waals surface area (Å²) in [6.07, 6.45) is 0.754. The van der Waals surface area contributed by atoms with Crippen molar-refractivity contribution in [1.29, 1.82) is 0 Å². The number of tetrazole rings is 1. The Morgan fingerprint density at radius 1 is 1.37 bits per heavy atom. The summed E-state index contributed by atoms with van der Waals surface area (Å²) in [6.45, 7) is 2.69. The second-order valence-corrected chi connectivity index (χ2v) is 5.10. The van der Waals surface area contributed by atoms with Crippen LogP contribution in [0.2, 0.25) is 10.0 Å². The molecule has 1 atom stereocenters. The van der Waals surface area contributed by atoms with Gasteiger partial charge in [0.2, 0.25) is 0 Å². The lowest BCUT2D eigenvalue weighted by Gasteiger charge is -2.10. The molecule has 2 aromatic rings. The molecule has 2 rings (SSSR count). The highest BCUT2D eigenvalue weighted by Gasteiger charge is 2.12. The highest BCUT2D eigenvalue weighted by atomic mass is 35.5. The van der Waals surface area contributed by atoms with Crippen LogP contribution in [0.4, 0.5) is 0 Å². The maximum Gasteiger partial charge on any atom is 0.167 e. The molecular formula is C12H15Cl2N5. The first-order chi connectivity index (χ1) is 9.11. The summed E-state index contributed by atoms with van der Waals surface area (Å²) in [5, 5.41) is 16.2. The Balaban J connectivity index is 2.08. The summed E-state index contributed by atoms with van der Waals surface area (Å²) in [7, 11) is 1.87. The summed E-state index contributed by atoms with van der Waals surface area (Å²) in [5.41, 5.74) is 1.03. The van der Waals surface area contributed by atoms with Crippen molar-refractivity contribution in [3.63, 3.8) is 0 Å². The molecule has 1 unspecified atom stereocenters. The summed E-state index contributed by atoms with van der Waals surface area (Å²) < 4.78 is 1.78. The van der Waals surface area contributed by atoms with Crippen molar-refractivity contribution in [2.75, 3.05) is 7.05 Å². The molecule has 1 aromatic carbocycles. The molecule has 1 N–H and O–H groups in total. The number of aromatic nitrogens is 4. The number of rotatable bonds is 5. The minimum absolute atomic E-state index is 0.107. The number of benzene rings is 1. The molecule has 0 aliphatic rings. The van der Waals surface area contributed by atoms with Crippen LogP contribution in [-0.2, 0) is 13.0 Å². The maximum atomic E-state index is 6.14. The van der Waals surface area contributed by atoms with Gasteiger partial charge in [-0.1, -0.05) is 29.3 Å². The quantitative estimate of drug-likeness (QED) is 0.922. The molecular weight excluding hydrogens is 285 g/mol. The van der Waals surface area contributed by atoms with Crippen LogP contribution in [0.1, 0.15) is 24.4 Å². The van der Waals surface area contributed by atoms with E-state index in [1.54, 1.807) is 10.7 Å². The van der Waals surface area contributed by atoms with Gasteiger partial charge in [0, 0.05) is 16.6 Å². The van der Waals surface area contributed by atoms with Crippen LogP contribution in [-0.4, -0.2) is 27.3 Å². The molecule has 1 heterocycles. The molecule has 0 saturated carbocycles. The fraction of sp³-hybridized carbons (Fsp3) is 0.417. The van der Waals surface area contributed by atoms with E-state index in [0.717, 1.165) is 17.8 Å². The standard InChI is InChI=1S/C12H15Cl2N5/c1-8(15-2)12-16-17-18-19(12)6-5-9-3-4-10(13)7-11(9)14/h3-4,7-8,15H,5-6H2,1-2H3. The van der Waals surface area contributed by atoms with Gasteiger partial charge in [-0.3, -0.25) is 0 Å². The minimum atomic E-state index is 0.107. The first-order valence-electron chi connectivity index (χ1n) is 5.99. The van der Waals surface area contributed by atoms with Crippen molar-refractivity contribution in [1.82, 2.24) is 25.5 Å². The van der Waals surface area contributed by atoms with E-state index >= 15 is 0 Å². The van der Waals surface area contributed by atoms with E-state index in [1.807, 2.05) is 26.1 Å². The molecule has 0 amide bonds. The lowest BCUT2D eigenvalue weighted by Crippen LogP contribution is -2.19. The lowest BCUT2D eigenvalue weighted by atomic mass is 10.1. The van der Waals surface area contributed by atoms with Crippen LogP contribution in [0.15, 0.2) is 18.2 Å². The smallest absolute Gasteiger partial charge is 0.167 e. The zero-order valence-corrected chi connectivity index (χ0v) is 12.3. The van der Waals surface area contributed by atoms with Gasteiger partial charge in [0.1, 0.15) is 0 Å². The van der Waals surface area contributed by atoms with Crippen LogP contribution < -0.4 is 5.32 Å². The number of hydrogen-bond acceptors (Lipinski definition) is 4. The molecule has 0 spiro atoms. The Hall–Kier alpha value is -1.17. The van der Waals surface area contributed by atoms with Crippen molar-refractivity contribution >= 4 is 23.2 Å². The highest BCUT2D eigenvalue weighted by Crippen LogP contribution is 2.21. The van der Waals surface area contributed by atoms with Crippen molar-refractivity contribution in [2.24, 2.45) is 0 Å². The molecule has 0 aliphatic carbocycles. The fourth-order valence-electron chi connectivity index (χ4n) is 1.76. The van der Waals surface area contributed by atoms with E-state index in [2.05, 4.69) is 20.8 Å². The molecule has 1 aromatic heterocycles. The Kier molecular flexibility index (Phi) is 4.74. The number of hydrogen-bond donors (Lipinski definition) is 1. The maximum absolute atomic E-state index is 6.14. The van der Waals surface area contributed by atoms with Gasteiger partial charge in [-0.2, -0.15) is 0 Å². The largest absolute Gasteiger partial charge is 0.311 e. The van der Waals surface area contributed by atoms with Crippen LogP contribution in [0.3, 0.4) is 0 Å². The Bertz CT molecular complexity index is 555. The van der Waals surface area contributed by atoms with Gasteiger partial charge in [0.05, 0.1) is 6.04 Å². The lowest BCUT2D eigenvalue weighted by molar-refractivity contribution is 0.512. The van der Waals surface area contributed by atoms with Crippen LogP contribution in [0, 0.1) is 0 Å². The third kappa shape index (κ3) is 3.43. The van der Waals surface area contributed by atoms with E-state index in [-0.39, 0.29) is 6.04 Å². The van der Waals surface area contributed by atoms with Gasteiger partial charge in [-0.05, 0) is 48.5 Å². The topological polar surface area (TPSA) is 55.6 Å². The van der Waals surface area contributed by atoms with Crippen LogP contribution in [0.5, 0.6) is 0 Å².